The smallest absolute Gasteiger partial charge is 0.0590 e. The molecule has 1 spiro atoms. The van der Waals surface area contributed by atoms with Crippen molar-refractivity contribution in [2.75, 3.05) is 19.6 Å². The minimum atomic E-state index is 0.676. The number of alkyl halides is 1. The zero-order valence-corrected chi connectivity index (χ0v) is 10.7. The van der Waals surface area contributed by atoms with E-state index in [1.54, 1.807) is 0 Å². The van der Waals surface area contributed by atoms with E-state index in [4.69, 9.17) is 0 Å². The monoisotopic (exact) mass is 294 g/mol. The zero-order valence-electron chi connectivity index (χ0n) is 8.52. The molecule has 3 heteroatoms. The Morgan fingerprint density at radius 1 is 1.62 bits per heavy atom. The van der Waals surface area contributed by atoms with Gasteiger partial charge >= 0.3 is 0 Å². The molecule has 1 saturated heterocycles. The summed E-state index contributed by atoms with van der Waals surface area (Å²) in [6, 6.07) is 0.773. The minimum absolute atomic E-state index is 0.676. The largest absolute Gasteiger partial charge is 0.312 e. The van der Waals surface area contributed by atoms with E-state index in [1.807, 2.05) is 0 Å². The van der Waals surface area contributed by atoms with Crippen LogP contribution in [-0.4, -0.2) is 34.6 Å². The van der Waals surface area contributed by atoms with Gasteiger partial charge in [0, 0.05) is 19.1 Å². The summed E-state index contributed by atoms with van der Waals surface area (Å²) in [5.41, 5.74) is 0.676. The van der Waals surface area contributed by atoms with E-state index >= 15 is 0 Å². The molecule has 0 aromatic carbocycles. The van der Waals surface area contributed by atoms with Crippen LogP contribution in [0, 0.1) is 5.41 Å². The first-order chi connectivity index (χ1) is 6.18. The average molecular weight is 294 g/mol. The van der Waals surface area contributed by atoms with Gasteiger partial charge in [-0.3, -0.25) is 4.90 Å². The van der Waals surface area contributed by atoms with Gasteiger partial charge in [0.25, 0.3) is 0 Å². The van der Waals surface area contributed by atoms with Crippen molar-refractivity contribution in [3.63, 3.8) is 0 Å². The van der Waals surface area contributed by atoms with Crippen molar-refractivity contribution in [3.8, 4) is 0 Å². The van der Waals surface area contributed by atoms with Gasteiger partial charge in [0.15, 0.2) is 0 Å². The predicted molar refractivity (Wildman–Crippen MR) is 64.2 cm³/mol. The maximum absolute atomic E-state index is 3.64. The van der Waals surface area contributed by atoms with E-state index in [2.05, 4.69) is 46.7 Å². The Balaban J connectivity index is 1.97. The van der Waals surface area contributed by atoms with Gasteiger partial charge < -0.3 is 5.32 Å². The Labute approximate surface area is 94.6 Å². The van der Waals surface area contributed by atoms with Crippen LogP contribution in [0.25, 0.3) is 0 Å². The molecule has 13 heavy (non-hydrogen) atoms. The summed E-state index contributed by atoms with van der Waals surface area (Å²) in [5, 5.41) is 3.64. The summed E-state index contributed by atoms with van der Waals surface area (Å²) in [4.78, 5) is 2.61. The van der Waals surface area contributed by atoms with Gasteiger partial charge in [0.1, 0.15) is 0 Å². The van der Waals surface area contributed by atoms with E-state index < -0.39 is 0 Å². The molecule has 1 saturated carbocycles. The third kappa shape index (κ3) is 1.88. The van der Waals surface area contributed by atoms with E-state index in [9.17, 15) is 0 Å². The molecule has 2 atom stereocenters. The average Bonchev–Trinajstić information content (AvgIpc) is 2.73. The number of likely N-dealkylation sites (tertiary alicyclic amines) is 1. The second-order valence-corrected chi connectivity index (χ2v) is 6.28. The molecule has 1 aliphatic carbocycles. The standard InChI is InChI=1S/C10H19IN2/c1-3-12-9-6-13(8(2)11)7-10(9)4-5-10/h8-9,12H,3-7H2,1-2H3. The fraction of sp³-hybridized carbons (Fsp3) is 1.00. The minimum Gasteiger partial charge on any atom is -0.312 e. The van der Waals surface area contributed by atoms with Crippen LogP contribution in [0.1, 0.15) is 26.7 Å². The molecule has 0 amide bonds. The van der Waals surface area contributed by atoms with Gasteiger partial charge in [-0.15, -0.1) is 0 Å². The summed E-state index contributed by atoms with van der Waals surface area (Å²) < 4.78 is 0.693. The molecule has 0 bridgehead atoms. The molecule has 0 aromatic rings. The molecule has 1 N–H and O–H groups in total. The van der Waals surface area contributed by atoms with Crippen molar-refractivity contribution in [1.82, 2.24) is 10.2 Å². The van der Waals surface area contributed by atoms with Crippen molar-refractivity contribution >= 4 is 22.6 Å². The van der Waals surface area contributed by atoms with Crippen LogP contribution in [0.3, 0.4) is 0 Å². The van der Waals surface area contributed by atoms with E-state index in [0.717, 1.165) is 12.6 Å². The van der Waals surface area contributed by atoms with Crippen LogP contribution in [0.2, 0.25) is 0 Å². The normalized spacial score (nSPS) is 33.9. The van der Waals surface area contributed by atoms with Gasteiger partial charge in [0.05, 0.1) is 4.05 Å². The molecular formula is C10H19IN2. The molecule has 2 aliphatic rings. The molecule has 2 fully saturated rings. The summed E-state index contributed by atoms with van der Waals surface area (Å²) in [5.74, 6) is 0. The van der Waals surface area contributed by atoms with Crippen molar-refractivity contribution < 1.29 is 0 Å². The molecule has 1 heterocycles. The highest BCUT2D eigenvalue weighted by molar-refractivity contribution is 14.1. The zero-order chi connectivity index (χ0) is 9.47. The molecule has 76 valence electrons. The lowest BCUT2D eigenvalue weighted by molar-refractivity contribution is 0.324. The summed E-state index contributed by atoms with van der Waals surface area (Å²) in [6.07, 6.45) is 2.90. The van der Waals surface area contributed by atoms with Crippen molar-refractivity contribution in [1.29, 1.82) is 0 Å². The summed E-state index contributed by atoms with van der Waals surface area (Å²) in [7, 11) is 0. The third-order valence-corrected chi connectivity index (χ3v) is 4.31. The van der Waals surface area contributed by atoms with Crippen molar-refractivity contribution in [3.05, 3.63) is 0 Å². The number of halogens is 1. The Bertz CT molecular complexity index is 189. The molecule has 2 rings (SSSR count). The number of hydrogen-bond acceptors (Lipinski definition) is 2. The van der Waals surface area contributed by atoms with Crippen LogP contribution in [-0.2, 0) is 0 Å². The lowest BCUT2D eigenvalue weighted by Crippen LogP contribution is -2.37. The maximum atomic E-state index is 3.64. The van der Waals surface area contributed by atoms with Crippen molar-refractivity contribution in [2.45, 2.75) is 36.8 Å². The first-order valence-electron chi connectivity index (χ1n) is 5.29. The molecule has 2 unspecified atom stereocenters. The second kappa shape index (κ2) is 3.66. The maximum Gasteiger partial charge on any atom is 0.0590 e. The van der Waals surface area contributed by atoms with Crippen LogP contribution in [0.5, 0.6) is 0 Å². The van der Waals surface area contributed by atoms with Gasteiger partial charge in [-0.25, -0.2) is 0 Å². The highest BCUT2D eigenvalue weighted by Gasteiger charge is 2.54. The van der Waals surface area contributed by atoms with Gasteiger partial charge in [-0.2, -0.15) is 0 Å². The van der Waals surface area contributed by atoms with Gasteiger partial charge in [-0.1, -0.05) is 29.5 Å². The SMILES string of the molecule is CCNC1CN(C(C)I)CC12CC2. The predicted octanol–water partition coefficient (Wildman–Crippen LogP) is 1.84. The highest BCUT2D eigenvalue weighted by Crippen LogP contribution is 2.53. The highest BCUT2D eigenvalue weighted by atomic mass is 127. The van der Waals surface area contributed by atoms with E-state index in [-0.39, 0.29) is 0 Å². The molecule has 0 aromatic heterocycles. The second-order valence-electron chi connectivity index (χ2n) is 4.48. The Hall–Kier alpha value is 0.650. The lowest BCUT2D eigenvalue weighted by Gasteiger charge is -2.18. The first-order valence-corrected chi connectivity index (χ1v) is 6.54. The molecule has 0 radical (unpaired) electrons. The topological polar surface area (TPSA) is 15.3 Å². The Morgan fingerprint density at radius 2 is 2.31 bits per heavy atom. The number of hydrogen-bond donors (Lipinski definition) is 1. The summed E-state index contributed by atoms with van der Waals surface area (Å²) >= 11 is 2.53. The lowest BCUT2D eigenvalue weighted by atomic mass is 10.0. The van der Waals surface area contributed by atoms with E-state index in [0.29, 0.717) is 9.46 Å². The number of rotatable bonds is 3. The Kier molecular flexibility index (Phi) is 2.87. The van der Waals surface area contributed by atoms with Crippen LogP contribution in [0.4, 0.5) is 0 Å². The van der Waals surface area contributed by atoms with Crippen LogP contribution < -0.4 is 5.32 Å². The number of nitrogens with one attached hydrogen (secondary N) is 1. The fourth-order valence-electron chi connectivity index (χ4n) is 2.47. The molecule has 2 nitrogen and oxygen atoms in total. The number of likely N-dealkylation sites (N-methyl/N-ethyl adjacent to an activating group) is 1. The van der Waals surface area contributed by atoms with Crippen LogP contribution in [0.15, 0.2) is 0 Å². The summed E-state index contributed by atoms with van der Waals surface area (Å²) in [6.45, 7) is 8.22. The van der Waals surface area contributed by atoms with E-state index in [1.165, 1.54) is 25.9 Å². The van der Waals surface area contributed by atoms with Crippen molar-refractivity contribution in [2.24, 2.45) is 5.41 Å². The molecular weight excluding hydrogens is 275 g/mol. The van der Waals surface area contributed by atoms with Gasteiger partial charge in [0.2, 0.25) is 0 Å². The quantitative estimate of drug-likeness (QED) is 0.485. The third-order valence-electron chi connectivity index (χ3n) is 3.52. The van der Waals surface area contributed by atoms with Gasteiger partial charge in [-0.05, 0) is 31.7 Å². The number of nitrogens with zero attached hydrogens (tertiary/aromatic N) is 1. The van der Waals surface area contributed by atoms with Crippen LogP contribution >= 0.6 is 22.6 Å². The molecule has 1 aliphatic heterocycles. The fourth-order valence-corrected chi connectivity index (χ4v) is 2.90. The first kappa shape index (κ1) is 10.2. The Morgan fingerprint density at radius 3 is 2.77 bits per heavy atom.